The number of anilines is 2. The van der Waals surface area contributed by atoms with Gasteiger partial charge < -0.3 is 10.6 Å². The lowest BCUT2D eigenvalue weighted by Gasteiger charge is -2.33. The number of alkyl halides is 1. The topological polar surface area (TPSA) is 110 Å². The van der Waals surface area contributed by atoms with E-state index in [0.717, 1.165) is 0 Å². The number of likely N-dealkylation sites (N-methyl/N-ethyl adjacent to an activating group) is 1. The van der Waals surface area contributed by atoms with E-state index in [4.69, 9.17) is 16.9 Å². The molecule has 0 spiro atoms. The van der Waals surface area contributed by atoms with Crippen molar-refractivity contribution in [2.75, 3.05) is 23.9 Å². The van der Waals surface area contributed by atoms with Gasteiger partial charge in [-0.3, -0.25) is 14.6 Å². The summed E-state index contributed by atoms with van der Waals surface area (Å²) in [5.41, 5.74) is 3.94. The average Bonchev–Trinajstić information content (AvgIpc) is 2.88. The molecule has 1 aromatic heterocycles. The summed E-state index contributed by atoms with van der Waals surface area (Å²) in [7, 11) is 1.45. The van der Waals surface area contributed by atoms with Crippen molar-refractivity contribution < 1.29 is 18.4 Å². The Balaban J connectivity index is 1.78. The second-order valence-corrected chi connectivity index (χ2v) is 7.99. The summed E-state index contributed by atoms with van der Waals surface area (Å²) in [6.45, 7) is -0.0886. The molecule has 2 amide bonds. The van der Waals surface area contributed by atoms with Crippen LogP contribution in [0.1, 0.15) is 23.6 Å². The summed E-state index contributed by atoms with van der Waals surface area (Å²) in [5.74, 6) is -1.87. The number of benzene rings is 2. The van der Waals surface area contributed by atoms with Crippen LogP contribution >= 0.6 is 11.6 Å². The van der Waals surface area contributed by atoms with Crippen molar-refractivity contribution in [2.45, 2.75) is 18.6 Å². The van der Waals surface area contributed by atoms with Gasteiger partial charge in [0.15, 0.2) is 12.2 Å². The smallest absolute Gasteiger partial charge is 0.260 e. The largest absolute Gasteiger partial charge is 0.357 e. The molecule has 1 heterocycles. The Labute approximate surface area is 211 Å². The number of amides is 2. The Kier molecular flexibility index (Phi) is 9.27. The first kappa shape index (κ1) is 26.5. The van der Waals surface area contributed by atoms with Crippen LogP contribution in [0.2, 0.25) is 5.02 Å². The van der Waals surface area contributed by atoms with Crippen molar-refractivity contribution in [3.8, 4) is 6.07 Å². The third-order valence-corrected chi connectivity index (χ3v) is 5.49. The van der Waals surface area contributed by atoms with Gasteiger partial charge in [0.1, 0.15) is 11.6 Å². The molecule has 0 aliphatic heterocycles. The number of pyridine rings is 1. The Hall–Kier alpha value is -4.07. The predicted octanol–water partition coefficient (Wildman–Crippen LogP) is 3.91. The van der Waals surface area contributed by atoms with Crippen molar-refractivity contribution in [2.24, 2.45) is 0 Å². The highest BCUT2D eigenvalue weighted by atomic mass is 35.5. The molecule has 0 aliphatic rings. The molecule has 0 radical (unpaired) electrons. The molecule has 0 fully saturated rings. The van der Waals surface area contributed by atoms with Gasteiger partial charge in [0.2, 0.25) is 5.91 Å². The van der Waals surface area contributed by atoms with Crippen LogP contribution < -0.4 is 21.1 Å². The van der Waals surface area contributed by atoms with Gasteiger partial charge in [-0.1, -0.05) is 35.9 Å². The lowest BCUT2D eigenvalue weighted by Crippen LogP contribution is -2.48. The van der Waals surface area contributed by atoms with Crippen molar-refractivity contribution >= 4 is 34.9 Å². The number of hydrogen-bond acceptors (Lipinski definition) is 6. The zero-order valence-corrected chi connectivity index (χ0v) is 20.0. The van der Waals surface area contributed by atoms with Crippen molar-refractivity contribution in [3.05, 3.63) is 88.8 Å². The van der Waals surface area contributed by atoms with E-state index in [-0.39, 0.29) is 24.3 Å². The van der Waals surface area contributed by atoms with E-state index in [1.165, 1.54) is 48.6 Å². The molecule has 0 aliphatic carbocycles. The summed E-state index contributed by atoms with van der Waals surface area (Å²) in [6.07, 6.45) is -0.885. The van der Waals surface area contributed by atoms with E-state index in [1.807, 2.05) is 6.07 Å². The second-order valence-electron chi connectivity index (χ2n) is 7.58. The minimum atomic E-state index is -1.93. The number of carbonyl (C=O) groups excluding carboxylic acids is 2. The van der Waals surface area contributed by atoms with Crippen LogP contribution in [-0.4, -0.2) is 36.6 Å². The third kappa shape index (κ3) is 6.75. The van der Waals surface area contributed by atoms with Gasteiger partial charge in [-0.15, -0.1) is 0 Å². The molecule has 3 rings (SSSR count). The predicted molar refractivity (Wildman–Crippen MR) is 132 cm³/mol. The molecule has 3 aromatic rings. The van der Waals surface area contributed by atoms with Crippen molar-refractivity contribution in [1.29, 1.82) is 5.26 Å². The van der Waals surface area contributed by atoms with E-state index in [9.17, 15) is 18.4 Å². The molecular formula is C25H23ClF2N6O2. The van der Waals surface area contributed by atoms with E-state index in [2.05, 4.69) is 21.0 Å². The maximum Gasteiger partial charge on any atom is 0.260 e. The molecule has 0 saturated carbocycles. The average molecular weight is 513 g/mol. The zero-order valence-electron chi connectivity index (χ0n) is 19.2. The number of rotatable bonds is 10. The molecule has 2 aromatic carbocycles. The molecule has 36 heavy (non-hydrogen) atoms. The summed E-state index contributed by atoms with van der Waals surface area (Å²) in [4.78, 5) is 29.1. The normalized spacial score (nSPS) is 12.2. The lowest BCUT2D eigenvalue weighted by atomic mass is 10.0. The number of halogens is 3. The van der Waals surface area contributed by atoms with Crippen molar-refractivity contribution in [1.82, 2.24) is 15.7 Å². The van der Waals surface area contributed by atoms with Gasteiger partial charge >= 0.3 is 0 Å². The number of hydrazine groups is 1. The molecule has 0 saturated heterocycles. The molecular weight excluding hydrogens is 490 g/mol. The Bertz CT molecular complexity index is 1270. The van der Waals surface area contributed by atoms with Crippen LogP contribution in [0.3, 0.4) is 0 Å². The van der Waals surface area contributed by atoms with Gasteiger partial charge in [-0.25, -0.2) is 19.2 Å². The van der Waals surface area contributed by atoms with Crippen LogP contribution in [-0.2, 0) is 9.59 Å². The number of hydrogen-bond donors (Lipinski definition) is 3. The number of carbonyl (C=O) groups is 2. The summed E-state index contributed by atoms with van der Waals surface area (Å²) in [5, 5.41) is 15.5. The standard InChI is InChI=1S/C25H23ClF2N6O2/c1-30-25(36)23(19-7-2-3-8-20(19)26)34(18-6-4-5-17(27)14-18)32-12-10-21(28)24(35)33-22-13-16(15-29)9-11-31-22/h2-9,11,13-14,21,23,32H,10,12H2,1H3,(H,30,36)(H,31,33,35). The molecule has 0 bridgehead atoms. The zero-order chi connectivity index (χ0) is 26.1. The molecule has 186 valence electrons. The monoisotopic (exact) mass is 512 g/mol. The van der Waals surface area contributed by atoms with Gasteiger partial charge in [0, 0.05) is 36.8 Å². The Morgan fingerprint density at radius 2 is 1.92 bits per heavy atom. The second kappa shape index (κ2) is 12.6. The van der Waals surface area contributed by atoms with Crippen LogP contribution in [0.4, 0.5) is 20.3 Å². The highest BCUT2D eigenvalue weighted by Gasteiger charge is 2.30. The Morgan fingerprint density at radius 3 is 2.61 bits per heavy atom. The Morgan fingerprint density at radius 1 is 1.14 bits per heavy atom. The van der Waals surface area contributed by atoms with E-state index >= 15 is 0 Å². The fourth-order valence-corrected chi connectivity index (χ4v) is 3.64. The lowest BCUT2D eigenvalue weighted by molar-refractivity contribution is -0.122. The fraction of sp³-hybridized carbons (Fsp3) is 0.200. The van der Waals surface area contributed by atoms with Gasteiger partial charge in [0.05, 0.1) is 17.3 Å². The first-order valence-electron chi connectivity index (χ1n) is 10.9. The highest BCUT2D eigenvalue weighted by Crippen LogP contribution is 2.31. The SMILES string of the molecule is CNC(=O)C(c1ccccc1Cl)N(NCCC(F)C(=O)Nc1cc(C#N)ccn1)c1cccc(F)c1. The van der Waals surface area contributed by atoms with Crippen LogP contribution in [0.5, 0.6) is 0 Å². The van der Waals surface area contributed by atoms with E-state index in [0.29, 0.717) is 16.3 Å². The summed E-state index contributed by atoms with van der Waals surface area (Å²) < 4.78 is 28.7. The number of nitriles is 1. The van der Waals surface area contributed by atoms with Crippen LogP contribution in [0.15, 0.2) is 66.9 Å². The number of nitrogens with one attached hydrogen (secondary N) is 3. The van der Waals surface area contributed by atoms with Crippen molar-refractivity contribution in [3.63, 3.8) is 0 Å². The third-order valence-electron chi connectivity index (χ3n) is 5.14. The fourth-order valence-electron chi connectivity index (χ4n) is 3.40. The number of nitrogens with zero attached hydrogens (tertiary/aromatic N) is 3. The number of aromatic nitrogens is 1. The molecule has 2 unspecified atom stereocenters. The summed E-state index contributed by atoms with van der Waals surface area (Å²) in [6, 6.07) is 15.9. The molecule has 8 nitrogen and oxygen atoms in total. The van der Waals surface area contributed by atoms with Gasteiger partial charge in [-0.2, -0.15) is 5.26 Å². The maximum atomic E-state index is 14.7. The minimum Gasteiger partial charge on any atom is -0.357 e. The van der Waals surface area contributed by atoms with Gasteiger partial charge in [0.25, 0.3) is 5.91 Å². The molecule has 11 heteroatoms. The van der Waals surface area contributed by atoms with E-state index in [1.54, 1.807) is 30.3 Å². The van der Waals surface area contributed by atoms with Crippen LogP contribution in [0, 0.1) is 17.1 Å². The minimum absolute atomic E-state index is 0.0504. The first-order valence-corrected chi connectivity index (χ1v) is 11.3. The molecule has 3 N–H and O–H groups in total. The molecule has 2 atom stereocenters. The maximum absolute atomic E-state index is 14.7. The summed E-state index contributed by atoms with van der Waals surface area (Å²) >= 11 is 6.36. The van der Waals surface area contributed by atoms with Crippen LogP contribution in [0.25, 0.3) is 0 Å². The van der Waals surface area contributed by atoms with E-state index < -0.39 is 29.8 Å². The first-order chi connectivity index (χ1) is 17.3. The highest BCUT2D eigenvalue weighted by molar-refractivity contribution is 6.31. The van der Waals surface area contributed by atoms with Gasteiger partial charge in [-0.05, 0) is 36.4 Å². The quantitative estimate of drug-likeness (QED) is 0.355.